The maximum atomic E-state index is 13.9. The van der Waals surface area contributed by atoms with E-state index in [2.05, 4.69) is 54.0 Å². The number of amides is 1. The van der Waals surface area contributed by atoms with E-state index in [1.807, 2.05) is 13.1 Å². The van der Waals surface area contributed by atoms with Crippen LogP contribution >= 0.6 is 0 Å². The largest absolute Gasteiger partial charge is 0.494 e. The average molecular weight is 515 g/mol. The summed E-state index contributed by atoms with van der Waals surface area (Å²) < 4.78 is 19.6. The molecule has 3 aromatic heterocycles. The molecule has 0 spiro atoms. The number of carbonyl (C=O) groups is 1. The first-order valence-corrected chi connectivity index (χ1v) is 11.9. The van der Waals surface area contributed by atoms with Crippen molar-refractivity contribution in [1.82, 2.24) is 24.8 Å². The van der Waals surface area contributed by atoms with Gasteiger partial charge in [-0.1, -0.05) is 6.58 Å². The van der Waals surface area contributed by atoms with Crippen molar-refractivity contribution >= 4 is 39.8 Å². The number of hydrogen-bond acceptors (Lipinski definition) is 9. The van der Waals surface area contributed by atoms with Crippen LogP contribution < -0.4 is 20.3 Å². The fourth-order valence-corrected chi connectivity index (χ4v) is 4.42. The maximum absolute atomic E-state index is 13.9. The van der Waals surface area contributed by atoms with E-state index in [-0.39, 0.29) is 11.9 Å². The lowest BCUT2D eigenvalue weighted by molar-refractivity contribution is -0.111. The van der Waals surface area contributed by atoms with Gasteiger partial charge >= 0.3 is 0 Å². The molecule has 11 heteroatoms. The second-order valence-corrected chi connectivity index (χ2v) is 9.08. The summed E-state index contributed by atoms with van der Waals surface area (Å²) in [7, 11) is 5.63. The summed E-state index contributed by atoms with van der Waals surface area (Å²) in [6.07, 6.45) is 8.81. The summed E-state index contributed by atoms with van der Waals surface area (Å²) in [5.41, 5.74) is 3.70. The monoisotopic (exact) mass is 514 g/mol. The van der Waals surface area contributed by atoms with Gasteiger partial charge in [0.25, 0.3) is 0 Å². The van der Waals surface area contributed by atoms with E-state index in [0.717, 1.165) is 25.0 Å². The van der Waals surface area contributed by atoms with Crippen LogP contribution in [0.5, 0.6) is 5.75 Å². The Hall–Kier alpha value is -4.64. The molecule has 1 aliphatic heterocycles. The first kappa shape index (κ1) is 25.0. The SMILES string of the molecule is C=CC(=O)Nc1cc(Nc2ncc3cncc(-c4cncc(F)c4)c3n2)c(OC)cc1N(C)C1CN(C)C1. The lowest BCUT2D eigenvalue weighted by Gasteiger charge is -2.43. The molecule has 194 valence electrons. The summed E-state index contributed by atoms with van der Waals surface area (Å²) in [4.78, 5) is 33.9. The van der Waals surface area contributed by atoms with Crippen LogP contribution in [0.1, 0.15) is 0 Å². The smallest absolute Gasteiger partial charge is 0.247 e. The standard InChI is InChI=1S/C27H27FN8O2/c1-5-25(37)32-21-7-22(24(38-4)8-23(21)36(3)19-14-35(2)15-19)33-27-31-11-17-10-30-13-20(26(17)34-27)16-6-18(28)12-29-9-16/h5-13,19H,1,14-15H2,2-4H3,(H,32,37)(H,31,33,34). The Morgan fingerprint density at radius 2 is 1.95 bits per heavy atom. The third-order valence-corrected chi connectivity index (χ3v) is 6.49. The van der Waals surface area contributed by atoms with Crippen molar-refractivity contribution in [2.24, 2.45) is 0 Å². The van der Waals surface area contributed by atoms with E-state index in [0.29, 0.717) is 45.2 Å². The highest BCUT2D eigenvalue weighted by atomic mass is 19.1. The molecule has 2 N–H and O–H groups in total. The molecule has 1 aliphatic rings. The van der Waals surface area contributed by atoms with Crippen LogP contribution in [0.15, 0.2) is 61.8 Å². The maximum Gasteiger partial charge on any atom is 0.247 e. The van der Waals surface area contributed by atoms with Crippen LogP contribution in [0.3, 0.4) is 0 Å². The highest BCUT2D eigenvalue weighted by Crippen LogP contribution is 2.39. The first-order chi connectivity index (χ1) is 18.4. The van der Waals surface area contributed by atoms with Crippen LogP contribution in [0, 0.1) is 5.82 Å². The van der Waals surface area contributed by atoms with Crippen molar-refractivity contribution < 1.29 is 13.9 Å². The topological polar surface area (TPSA) is 108 Å². The molecular weight excluding hydrogens is 487 g/mol. The molecular formula is C27H27FN8O2. The van der Waals surface area contributed by atoms with Crippen molar-refractivity contribution in [3.8, 4) is 16.9 Å². The summed E-state index contributed by atoms with van der Waals surface area (Å²) in [5, 5.41) is 6.79. The van der Waals surface area contributed by atoms with Crippen molar-refractivity contribution in [3.63, 3.8) is 0 Å². The zero-order chi connectivity index (χ0) is 26.8. The van der Waals surface area contributed by atoms with Gasteiger partial charge in [0, 0.05) is 67.5 Å². The number of nitrogens with one attached hydrogen (secondary N) is 2. The van der Waals surface area contributed by atoms with E-state index in [4.69, 9.17) is 4.74 Å². The van der Waals surface area contributed by atoms with Gasteiger partial charge in [-0.3, -0.25) is 14.8 Å². The summed E-state index contributed by atoms with van der Waals surface area (Å²) in [6, 6.07) is 5.34. The molecule has 0 aliphatic carbocycles. The molecule has 0 atom stereocenters. The van der Waals surface area contributed by atoms with E-state index in [9.17, 15) is 9.18 Å². The molecule has 38 heavy (non-hydrogen) atoms. The molecule has 4 heterocycles. The Labute approximate surface area is 219 Å². The lowest BCUT2D eigenvalue weighted by atomic mass is 10.1. The number of halogens is 1. The molecule has 0 unspecified atom stereocenters. The number of fused-ring (bicyclic) bond motifs is 1. The third kappa shape index (κ3) is 4.96. The Morgan fingerprint density at radius 1 is 1.16 bits per heavy atom. The quantitative estimate of drug-likeness (QED) is 0.339. The Morgan fingerprint density at radius 3 is 2.66 bits per heavy atom. The van der Waals surface area contributed by atoms with Gasteiger partial charge in [-0.2, -0.15) is 0 Å². The van der Waals surface area contributed by atoms with Gasteiger partial charge in [0.1, 0.15) is 11.6 Å². The second kappa shape index (κ2) is 10.4. The molecule has 0 radical (unpaired) electrons. The molecule has 5 rings (SSSR count). The number of aromatic nitrogens is 4. The van der Waals surface area contributed by atoms with Crippen molar-refractivity contribution in [3.05, 3.63) is 67.7 Å². The molecule has 1 saturated heterocycles. The summed E-state index contributed by atoms with van der Waals surface area (Å²) in [5.74, 6) is 0.0492. The zero-order valence-corrected chi connectivity index (χ0v) is 21.3. The van der Waals surface area contributed by atoms with Gasteiger partial charge in [-0.15, -0.1) is 0 Å². The number of anilines is 4. The van der Waals surface area contributed by atoms with Crippen molar-refractivity contribution in [2.75, 3.05) is 49.8 Å². The molecule has 0 saturated carbocycles. The summed E-state index contributed by atoms with van der Waals surface area (Å²) >= 11 is 0. The number of hydrogen-bond donors (Lipinski definition) is 2. The highest BCUT2D eigenvalue weighted by molar-refractivity contribution is 6.02. The normalized spacial score (nSPS) is 13.6. The average Bonchev–Trinajstić information content (AvgIpc) is 2.90. The number of nitrogens with zero attached hydrogens (tertiary/aromatic N) is 6. The molecule has 4 aromatic rings. The minimum Gasteiger partial charge on any atom is -0.494 e. The predicted octanol–water partition coefficient (Wildman–Crippen LogP) is 3.85. The number of ether oxygens (including phenoxy) is 1. The lowest BCUT2D eigenvalue weighted by Crippen LogP contribution is -2.56. The van der Waals surface area contributed by atoms with Gasteiger partial charge in [0.05, 0.1) is 41.9 Å². The number of pyridine rings is 2. The van der Waals surface area contributed by atoms with Crippen LogP contribution in [-0.4, -0.2) is 71.1 Å². The second-order valence-electron chi connectivity index (χ2n) is 9.08. The fourth-order valence-electron chi connectivity index (χ4n) is 4.42. The zero-order valence-electron chi connectivity index (χ0n) is 21.3. The first-order valence-electron chi connectivity index (χ1n) is 11.9. The van der Waals surface area contributed by atoms with E-state index in [1.165, 1.54) is 12.1 Å². The van der Waals surface area contributed by atoms with Gasteiger partial charge < -0.3 is 25.2 Å². The third-order valence-electron chi connectivity index (χ3n) is 6.49. The van der Waals surface area contributed by atoms with Crippen LogP contribution in [0.2, 0.25) is 0 Å². The minimum absolute atomic E-state index is 0.287. The van der Waals surface area contributed by atoms with E-state index in [1.54, 1.807) is 38.0 Å². The van der Waals surface area contributed by atoms with Crippen LogP contribution in [-0.2, 0) is 4.79 Å². The Balaban J connectivity index is 1.54. The van der Waals surface area contributed by atoms with E-state index >= 15 is 0 Å². The molecule has 1 fully saturated rings. The van der Waals surface area contributed by atoms with Crippen LogP contribution in [0.25, 0.3) is 22.0 Å². The Kier molecular flexibility index (Phi) is 6.84. The van der Waals surface area contributed by atoms with Crippen LogP contribution in [0.4, 0.5) is 27.4 Å². The molecule has 0 bridgehead atoms. The van der Waals surface area contributed by atoms with Crippen molar-refractivity contribution in [2.45, 2.75) is 6.04 Å². The number of likely N-dealkylation sites (tertiary alicyclic amines) is 1. The number of rotatable bonds is 8. The molecule has 10 nitrogen and oxygen atoms in total. The van der Waals surface area contributed by atoms with Gasteiger partial charge in [0.2, 0.25) is 11.9 Å². The fraction of sp³-hybridized carbons (Fsp3) is 0.222. The highest BCUT2D eigenvalue weighted by Gasteiger charge is 2.29. The Bertz CT molecular complexity index is 1520. The van der Waals surface area contributed by atoms with Crippen molar-refractivity contribution in [1.29, 1.82) is 0 Å². The van der Waals surface area contributed by atoms with E-state index < -0.39 is 5.82 Å². The van der Waals surface area contributed by atoms with Gasteiger partial charge in [-0.05, 0) is 25.3 Å². The van der Waals surface area contributed by atoms with Gasteiger partial charge in [0.15, 0.2) is 0 Å². The number of methoxy groups -OCH3 is 1. The number of carbonyl (C=O) groups excluding carboxylic acids is 1. The number of benzene rings is 1. The van der Waals surface area contributed by atoms with Gasteiger partial charge in [-0.25, -0.2) is 14.4 Å². The molecule has 1 aromatic carbocycles. The molecule has 1 amide bonds. The minimum atomic E-state index is -0.454. The number of likely N-dealkylation sites (N-methyl/N-ethyl adjacent to an activating group) is 2. The summed E-state index contributed by atoms with van der Waals surface area (Å²) in [6.45, 7) is 5.40. The predicted molar refractivity (Wildman–Crippen MR) is 145 cm³/mol.